The Morgan fingerprint density at radius 1 is 1.20 bits per heavy atom. The SMILES string of the molecule is CCOC(=O)CCN(C(=O)CC#N)C1=CC[C@@H](C2CCC(CC(=O)OC)CC2)C=C1. The van der Waals surface area contributed by atoms with Gasteiger partial charge in [-0.1, -0.05) is 12.2 Å². The summed E-state index contributed by atoms with van der Waals surface area (Å²) in [6.45, 7) is 2.25. The number of carbonyl (C=O) groups is 3. The second-order valence-electron chi connectivity index (χ2n) is 7.88. The highest BCUT2D eigenvalue weighted by atomic mass is 16.5. The Morgan fingerprint density at radius 2 is 1.93 bits per heavy atom. The van der Waals surface area contributed by atoms with Gasteiger partial charge >= 0.3 is 11.9 Å². The summed E-state index contributed by atoms with van der Waals surface area (Å²) in [6, 6.07) is 1.89. The fourth-order valence-electron chi connectivity index (χ4n) is 4.31. The van der Waals surface area contributed by atoms with Gasteiger partial charge in [0, 0.05) is 18.7 Å². The van der Waals surface area contributed by atoms with E-state index >= 15 is 0 Å². The van der Waals surface area contributed by atoms with E-state index in [1.807, 2.05) is 18.2 Å². The standard InChI is InChI=1S/C23H32N2O5/c1-3-30-22(27)13-15-25(21(26)12-14-24)20-10-8-19(9-11-20)18-6-4-17(5-7-18)16-23(28)29-2/h8,10-11,17-19H,3-7,9,12-13,15-16H2,1-2H3/t17?,18?,19-/m0/s1. The molecule has 0 aromatic heterocycles. The number of rotatable bonds is 9. The van der Waals surface area contributed by atoms with Gasteiger partial charge in [0.2, 0.25) is 5.91 Å². The summed E-state index contributed by atoms with van der Waals surface area (Å²) in [6.07, 6.45) is 11.6. The Hall–Kier alpha value is -2.62. The number of hydrogen-bond acceptors (Lipinski definition) is 6. The van der Waals surface area contributed by atoms with Crippen LogP contribution < -0.4 is 0 Å². The number of nitriles is 1. The molecule has 1 saturated carbocycles. The maximum atomic E-state index is 12.4. The quantitative estimate of drug-likeness (QED) is 0.534. The summed E-state index contributed by atoms with van der Waals surface area (Å²) < 4.78 is 9.72. The van der Waals surface area contributed by atoms with Gasteiger partial charge in [-0.15, -0.1) is 0 Å². The van der Waals surface area contributed by atoms with Crippen molar-refractivity contribution in [2.45, 2.75) is 58.3 Å². The zero-order chi connectivity index (χ0) is 21.9. The Labute approximate surface area is 178 Å². The van der Waals surface area contributed by atoms with E-state index in [1.165, 1.54) is 12.0 Å². The molecule has 7 nitrogen and oxygen atoms in total. The first-order valence-electron chi connectivity index (χ1n) is 10.8. The lowest BCUT2D eigenvalue weighted by atomic mass is 9.73. The monoisotopic (exact) mass is 416 g/mol. The summed E-state index contributed by atoms with van der Waals surface area (Å²) >= 11 is 0. The predicted octanol–water partition coefficient (Wildman–Crippen LogP) is 3.51. The van der Waals surface area contributed by atoms with Gasteiger partial charge in [-0.3, -0.25) is 14.4 Å². The highest BCUT2D eigenvalue weighted by Gasteiger charge is 2.29. The number of carbonyl (C=O) groups excluding carboxylic acids is 3. The smallest absolute Gasteiger partial charge is 0.307 e. The van der Waals surface area contributed by atoms with Crippen molar-refractivity contribution in [2.24, 2.45) is 17.8 Å². The molecule has 0 spiro atoms. The van der Waals surface area contributed by atoms with Crippen molar-refractivity contribution in [3.05, 3.63) is 23.9 Å². The van der Waals surface area contributed by atoms with Crippen LogP contribution in [0, 0.1) is 29.1 Å². The van der Waals surface area contributed by atoms with Gasteiger partial charge in [0.05, 0.1) is 26.2 Å². The van der Waals surface area contributed by atoms with Crippen molar-refractivity contribution in [1.82, 2.24) is 4.90 Å². The highest BCUT2D eigenvalue weighted by Crippen LogP contribution is 2.38. The first-order valence-corrected chi connectivity index (χ1v) is 10.8. The van der Waals surface area contributed by atoms with Crippen LogP contribution in [0.2, 0.25) is 0 Å². The van der Waals surface area contributed by atoms with Crippen molar-refractivity contribution in [2.75, 3.05) is 20.3 Å². The third-order valence-electron chi connectivity index (χ3n) is 5.98. The molecule has 0 heterocycles. The van der Waals surface area contributed by atoms with Crippen LogP contribution in [0.25, 0.3) is 0 Å². The molecule has 1 atom stereocenters. The molecule has 0 unspecified atom stereocenters. The van der Waals surface area contributed by atoms with Gasteiger partial charge < -0.3 is 14.4 Å². The Morgan fingerprint density at radius 3 is 2.50 bits per heavy atom. The average molecular weight is 417 g/mol. The number of allylic oxidation sites excluding steroid dienone is 3. The molecule has 0 radical (unpaired) electrons. The maximum Gasteiger partial charge on any atom is 0.307 e. The van der Waals surface area contributed by atoms with Crippen LogP contribution in [-0.2, 0) is 23.9 Å². The first kappa shape index (κ1) is 23.7. The molecular formula is C23H32N2O5. The molecule has 1 amide bonds. The van der Waals surface area contributed by atoms with E-state index in [4.69, 9.17) is 14.7 Å². The fraction of sp³-hybridized carbons (Fsp3) is 0.652. The summed E-state index contributed by atoms with van der Waals surface area (Å²) in [5.41, 5.74) is 0.746. The third-order valence-corrected chi connectivity index (χ3v) is 5.98. The van der Waals surface area contributed by atoms with Crippen LogP contribution in [0.15, 0.2) is 23.9 Å². The van der Waals surface area contributed by atoms with Crippen LogP contribution in [0.4, 0.5) is 0 Å². The van der Waals surface area contributed by atoms with Crippen LogP contribution in [0.1, 0.15) is 58.3 Å². The topological polar surface area (TPSA) is 96.7 Å². The zero-order valence-electron chi connectivity index (χ0n) is 18.0. The van der Waals surface area contributed by atoms with E-state index in [0.717, 1.165) is 37.8 Å². The lowest BCUT2D eigenvalue weighted by molar-refractivity contribution is -0.144. The van der Waals surface area contributed by atoms with Crippen molar-refractivity contribution >= 4 is 17.8 Å². The van der Waals surface area contributed by atoms with Crippen LogP contribution >= 0.6 is 0 Å². The van der Waals surface area contributed by atoms with Gasteiger partial charge in [0.15, 0.2) is 0 Å². The predicted molar refractivity (Wildman–Crippen MR) is 111 cm³/mol. The molecule has 30 heavy (non-hydrogen) atoms. The molecule has 2 aliphatic rings. The van der Waals surface area contributed by atoms with E-state index in [1.54, 1.807) is 6.92 Å². The molecular weight excluding hydrogens is 384 g/mol. The molecule has 0 aliphatic heterocycles. The molecule has 2 rings (SSSR count). The summed E-state index contributed by atoms with van der Waals surface area (Å²) in [5.74, 6) is 0.595. The number of amides is 1. The molecule has 164 valence electrons. The fourth-order valence-corrected chi connectivity index (χ4v) is 4.31. The van der Waals surface area contributed by atoms with Crippen molar-refractivity contribution in [3.63, 3.8) is 0 Å². The molecule has 0 aromatic carbocycles. The van der Waals surface area contributed by atoms with E-state index in [0.29, 0.717) is 30.8 Å². The summed E-state index contributed by atoms with van der Waals surface area (Å²) in [7, 11) is 1.43. The number of hydrogen-bond donors (Lipinski definition) is 0. The maximum absolute atomic E-state index is 12.4. The number of ether oxygens (including phenoxy) is 2. The molecule has 0 aromatic rings. The lowest BCUT2D eigenvalue weighted by Crippen LogP contribution is -2.33. The van der Waals surface area contributed by atoms with Crippen molar-refractivity contribution in [1.29, 1.82) is 5.26 Å². The van der Waals surface area contributed by atoms with Gasteiger partial charge in [0.25, 0.3) is 0 Å². The van der Waals surface area contributed by atoms with E-state index in [9.17, 15) is 14.4 Å². The largest absolute Gasteiger partial charge is 0.469 e. The molecule has 2 aliphatic carbocycles. The Balaban J connectivity index is 1.91. The van der Waals surface area contributed by atoms with Crippen molar-refractivity contribution in [3.8, 4) is 6.07 Å². The van der Waals surface area contributed by atoms with Crippen LogP contribution in [-0.4, -0.2) is 43.0 Å². The van der Waals surface area contributed by atoms with Crippen molar-refractivity contribution < 1.29 is 23.9 Å². The van der Waals surface area contributed by atoms with Gasteiger partial charge in [0.1, 0.15) is 6.42 Å². The average Bonchev–Trinajstić information content (AvgIpc) is 2.75. The molecule has 0 N–H and O–H groups in total. The van der Waals surface area contributed by atoms with Crippen LogP contribution in [0.3, 0.4) is 0 Å². The molecule has 0 saturated heterocycles. The Bertz CT molecular complexity index is 714. The minimum Gasteiger partial charge on any atom is -0.469 e. The zero-order valence-corrected chi connectivity index (χ0v) is 18.0. The van der Waals surface area contributed by atoms with E-state index in [-0.39, 0.29) is 37.2 Å². The number of esters is 2. The van der Waals surface area contributed by atoms with Crippen LogP contribution in [0.5, 0.6) is 0 Å². The summed E-state index contributed by atoms with van der Waals surface area (Å²) in [4.78, 5) is 37.1. The molecule has 1 fully saturated rings. The second kappa shape index (κ2) is 12.2. The molecule has 7 heteroatoms. The number of methoxy groups -OCH3 is 1. The minimum absolute atomic E-state index is 0.101. The first-order chi connectivity index (χ1) is 14.5. The van der Waals surface area contributed by atoms with Gasteiger partial charge in [-0.25, -0.2) is 0 Å². The second-order valence-corrected chi connectivity index (χ2v) is 7.88. The minimum atomic E-state index is -0.353. The molecule has 0 bridgehead atoms. The Kier molecular flexibility index (Phi) is 9.59. The lowest BCUT2D eigenvalue weighted by Gasteiger charge is -2.34. The third kappa shape index (κ3) is 7.01. The van der Waals surface area contributed by atoms with Gasteiger partial charge in [-0.2, -0.15) is 5.26 Å². The number of nitrogens with zero attached hydrogens (tertiary/aromatic N) is 2. The highest BCUT2D eigenvalue weighted by molar-refractivity contribution is 5.81. The van der Waals surface area contributed by atoms with Gasteiger partial charge in [-0.05, 0) is 62.9 Å². The van der Waals surface area contributed by atoms with E-state index < -0.39 is 0 Å². The summed E-state index contributed by atoms with van der Waals surface area (Å²) in [5, 5.41) is 8.89. The van der Waals surface area contributed by atoms with E-state index in [2.05, 4.69) is 6.08 Å². The normalized spacial score (nSPS) is 23.1.